The second-order valence-electron chi connectivity index (χ2n) is 3.83. The number of amides is 2. The van der Waals surface area contributed by atoms with Gasteiger partial charge in [0, 0.05) is 5.56 Å². The predicted molar refractivity (Wildman–Crippen MR) is 65.1 cm³/mol. The van der Waals surface area contributed by atoms with Gasteiger partial charge in [0.25, 0.3) is 5.24 Å². The third-order valence-electron chi connectivity index (χ3n) is 2.48. The first kappa shape index (κ1) is 11.9. The van der Waals surface area contributed by atoms with Crippen LogP contribution < -0.4 is 0 Å². The summed E-state index contributed by atoms with van der Waals surface area (Å²) in [5.41, 5.74) is 1.51. The van der Waals surface area contributed by atoms with Gasteiger partial charge in [-0.15, -0.1) is 0 Å². The van der Waals surface area contributed by atoms with Crippen LogP contribution in [0.4, 0.5) is 4.79 Å². The van der Waals surface area contributed by atoms with Gasteiger partial charge in [0.15, 0.2) is 5.78 Å². The zero-order valence-corrected chi connectivity index (χ0v) is 10.1. The average Bonchev–Trinajstić information content (AvgIpc) is 2.61. The Balaban J connectivity index is 2.12. The minimum absolute atomic E-state index is 0.139. The molecule has 0 aromatic heterocycles. The van der Waals surface area contributed by atoms with E-state index in [2.05, 4.69) is 0 Å². The lowest BCUT2D eigenvalue weighted by molar-refractivity contribution is -0.124. The van der Waals surface area contributed by atoms with Crippen molar-refractivity contribution in [3.8, 4) is 0 Å². The van der Waals surface area contributed by atoms with Crippen molar-refractivity contribution >= 4 is 28.7 Å². The Morgan fingerprint density at radius 1 is 1.41 bits per heavy atom. The fourth-order valence-corrected chi connectivity index (χ4v) is 2.31. The maximum absolute atomic E-state index is 11.9. The van der Waals surface area contributed by atoms with Crippen LogP contribution in [0, 0.1) is 6.92 Å². The number of imide groups is 1. The second-order valence-corrected chi connectivity index (χ2v) is 4.75. The second kappa shape index (κ2) is 4.71. The highest BCUT2D eigenvalue weighted by molar-refractivity contribution is 8.14. The number of thioether (sulfide) groups is 1. The molecule has 2 amide bonds. The summed E-state index contributed by atoms with van der Waals surface area (Å²) in [6.07, 6.45) is 0. The first-order valence-electron chi connectivity index (χ1n) is 5.15. The molecule has 0 N–H and O–H groups in total. The zero-order chi connectivity index (χ0) is 12.4. The predicted octanol–water partition coefficient (Wildman–Crippen LogP) is 1.87. The van der Waals surface area contributed by atoms with Crippen LogP contribution in [-0.4, -0.2) is 34.1 Å². The summed E-state index contributed by atoms with van der Waals surface area (Å²) in [6, 6.07) is 7.11. The SMILES string of the molecule is Cc1cccc(C(=O)CN2C(=O)CSC2=O)c1. The smallest absolute Gasteiger partial charge is 0.289 e. The van der Waals surface area contributed by atoms with Crippen molar-refractivity contribution in [2.24, 2.45) is 0 Å². The molecule has 1 saturated heterocycles. The van der Waals surface area contributed by atoms with E-state index in [0.717, 1.165) is 22.2 Å². The number of nitrogens with zero attached hydrogens (tertiary/aromatic N) is 1. The van der Waals surface area contributed by atoms with Crippen LogP contribution in [0.3, 0.4) is 0 Å². The average molecular weight is 249 g/mol. The zero-order valence-electron chi connectivity index (χ0n) is 9.30. The van der Waals surface area contributed by atoms with Crippen LogP contribution in [0.15, 0.2) is 24.3 Å². The van der Waals surface area contributed by atoms with Crippen LogP contribution in [0.2, 0.25) is 0 Å². The van der Waals surface area contributed by atoms with E-state index < -0.39 is 0 Å². The summed E-state index contributed by atoms with van der Waals surface area (Å²) in [4.78, 5) is 35.6. The lowest BCUT2D eigenvalue weighted by atomic mass is 10.1. The minimum atomic E-state index is -0.337. The van der Waals surface area contributed by atoms with Crippen molar-refractivity contribution in [2.45, 2.75) is 6.92 Å². The Morgan fingerprint density at radius 2 is 2.18 bits per heavy atom. The molecule has 2 rings (SSSR count). The molecule has 0 saturated carbocycles. The molecule has 0 atom stereocenters. The number of hydrogen-bond donors (Lipinski definition) is 0. The number of benzene rings is 1. The van der Waals surface area contributed by atoms with E-state index in [9.17, 15) is 14.4 Å². The molecule has 1 aromatic rings. The van der Waals surface area contributed by atoms with E-state index in [-0.39, 0.29) is 29.2 Å². The monoisotopic (exact) mass is 249 g/mol. The number of carbonyl (C=O) groups excluding carboxylic acids is 3. The molecule has 0 bridgehead atoms. The van der Waals surface area contributed by atoms with Gasteiger partial charge in [-0.2, -0.15) is 0 Å². The van der Waals surface area contributed by atoms with Gasteiger partial charge in [-0.25, -0.2) is 0 Å². The highest BCUT2D eigenvalue weighted by atomic mass is 32.2. The van der Waals surface area contributed by atoms with Gasteiger partial charge in [-0.1, -0.05) is 35.5 Å². The van der Waals surface area contributed by atoms with Crippen molar-refractivity contribution in [2.75, 3.05) is 12.3 Å². The molecule has 1 fully saturated rings. The van der Waals surface area contributed by atoms with Gasteiger partial charge in [0.2, 0.25) is 5.91 Å². The van der Waals surface area contributed by atoms with Gasteiger partial charge in [0.05, 0.1) is 12.3 Å². The quantitative estimate of drug-likeness (QED) is 0.767. The van der Waals surface area contributed by atoms with Crippen molar-refractivity contribution in [3.05, 3.63) is 35.4 Å². The van der Waals surface area contributed by atoms with E-state index in [1.807, 2.05) is 13.0 Å². The van der Waals surface area contributed by atoms with Crippen molar-refractivity contribution < 1.29 is 14.4 Å². The van der Waals surface area contributed by atoms with E-state index in [4.69, 9.17) is 0 Å². The Morgan fingerprint density at radius 3 is 2.76 bits per heavy atom. The number of hydrogen-bond acceptors (Lipinski definition) is 4. The van der Waals surface area contributed by atoms with Crippen molar-refractivity contribution in [1.29, 1.82) is 0 Å². The van der Waals surface area contributed by atoms with Gasteiger partial charge in [0.1, 0.15) is 0 Å². The molecular weight excluding hydrogens is 238 g/mol. The molecule has 5 heteroatoms. The molecule has 0 radical (unpaired) electrons. The topological polar surface area (TPSA) is 54.5 Å². The van der Waals surface area contributed by atoms with E-state index >= 15 is 0 Å². The molecule has 1 aliphatic rings. The molecule has 1 aliphatic heterocycles. The Hall–Kier alpha value is -1.62. The Bertz CT molecular complexity index is 482. The van der Waals surface area contributed by atoms with Gasteiger partial charge >= 0.3 is 0 Å². The number of ketones is 1. The summed E-state index contributed by atoms with van der Waals surface area (Å²) in [7, 11) is 0. The van der Waals surface area contributed by atoms with Crippen molar-refractivity contribution in [3.63, 3.8) is 0 Å². The minimum Gasteiger partial charge on any atom is -0.292 e. The highest BCUT2D eigenvalue weighted by Crippen LogP contribution is 2.19. The Kier molecular flexibility index (Phi) is 3.28. The molecular formula is C12H11NO3S. The number of aryl methyl sites for hydroxylation is 1. The summed E-state index contributed by atoms with van der Waals surface area (Å²) in [5, 5.41) is -0.337. The normalized spacial score (nSPS) is 15.5. The molecule has 88 valence electrons. The third kappa shape index (κ3) is 2.55. The first-order chi connectivity index (χ1) is 8.08. The molecule has 0 spiro atoms. The summed E-state index contributed by atoms with van der Waals surface area (Å²) >= 11 is 0.939. The first-order valence-corrected chi connectivity index (χ1v) is 6.13. The fourth-order valence-electron chi connectivity index (χ4n) is 1.59. The van der Waals surface area contributed by atoms with Crippen LogP contribution >= 0.6 is 11.8 Å². The molecule has 0 aliphatic carbocycles. The summed E-state index contributed by atoms with van der Waals surface area (Å²) in [6.45, 7) is 1.73. The van der Waals surface area contributed by atoms with Crippen LogP contribution in [-0.2, 0) is 4.79 Å². The third-order valence-corrected chi connectivity index (χ3v) is 3.34. The van der Waals surface area contributed by atoms with E-state index in [1.165, 1.54) is 0 Å². The largest absolute Gasteiger partial charge is 0.292 e. The summed E-state index contributed by atoms with van der Waals surface area (Å²) < 4.78 is 0. The molecule has 17 heavy (non-hydrogen) atoms. The fraction of sp³-hybridized carbons (Fsp3) is 0.250. The highest BCUT2D eigenvalue weighted by Gasteiger charge is 2.31. The van der Waals surface area contributed by atoms with Gasteiger partial charge < -0.3 is 0 Å². The lowest BCUT2D eigenvalue weighted by Crippen LogP contribution is -2.33. The van der Waals surface area contributed by atoms with Crippen LogP contribution in [0.25, 0.3) is 0 Å². The molecule has 0 unspecified atom stereocenters. The lowest BCUT2D eigenvalue weighted by Gasteiger charge is -2.11. The molecule has 1 heterocycles. The molecule has 4 nitrogen and oxygen atoms in total. The number of Topliss-reactive ketones (excluding diaryl/α,β-unsaturated/α-hetero) is 1. The Labute approximate surface area is 103 Å². The van der Waals surface area contributed by atoms with Crippen LogP contribution in [0.5, 0.6) is 0 Å². The number of rotatable bonds is 3. The molecule has 1 aromatic carbocycles. The van der Waals surface area contributed by atoms with Gasteiger partial charge in [-0.3, -0.25) is 19.3 Å². The van der Waals surface area contributed by atoms with E-state index in [1.54, 1.807) is 18.2 Å². The summed E-state index contributed by atoms with van der Waals surface area (Å²) in [5.74, 6) is -0.362. The maximum Gasteiger partial charge on any atom is 0.289 e. The van der Waals surface area contributed by atoms with Crippen LogP contribution in [0.1, 0.15) is 15.9 Å². The maximum atomic E-state index is 11.9. The van der Waals surface area contributed by atoms with Gasteiger partial charge in [-0.05, 0) is 13.0 Å². The number of carbonyl (C=O) groups is 3. The van der Waals surface area contributed by atoms with E-state index in [0.29, 0.717) is 5.56 Å². The standard InChI is InChI=1S/C12H11NO3S/c1-8-3-2-4-9(5-8)10(14)6-13-11(15)7-17-12(13)16/h2-5H,6-7H2,1H3. The van der Waals surface area contributed by atoms with Crippen molar-refractivity contribution in [1.82, 2.24) is 4.90 Å².